The Bertz CT molecular complexity index is 1150. The van der Waals surface area contributed by atoms with Crippen LogP contribution in [0.2, 0.25) is 0 Å². The van der Waals surface area contributed by atoms with Crippen molar-refractivity contribution in [3.8, 4) is 11.5 Å². The molecule has 1 aliphatic heterocycles. The van der Waals surface area contributed by atoms with E-state index in [1.165, 1.54) is 0 Å². The second-order valence-electron chi connectivity index (χ2n) is 7.44. The first kappa shape index (κ1) is 22.2. The number of methoxy groups -OCH3 is 1. The lowest BCUT2D eigenvalue weighted by Gasteiger charge is -2.42. The van der Waals surface area contributed by atoms with E-state index >= 15 is 0 Å². The van der Waals surface area contributed by atoms with Crippen molar-refractivity contribution in [2.45, 2.75) is 19.2 Å². The van der Waals surface area contributed by atoms with Gasteiger partial charge in [-0.05, 0) is 55.0 Å². The smallest absolute Gasteiger partial charge is 0.329 e. The normalized spacial score (nSPS) is 17.1. The van der Waals surface area contributed by atoms with Crippen LogP contribution in [0.5, 0.6) is 11.5 Å². The van der Waals surface area contributed by atoms with Crippen molar-refractivity contribution in [2.75, 3.05) is 23.9 Å². The molecular weight excluding hydrogens is 422 g/mol. The van der Waals surface area contributed by atoms with Crippen LogP contribution in [0.3, 0.4) is 0 Å². The molecule has 3 aromatic carbocycles. The van der Waals surface area contributed by atoms with E-state index in [9.17, 15) is 14.7 Å². The van der Waals surface area contributed by atoms with Gasteiger partial charge in [0.05, 0.1) is 19.4 Å². The van der Waals surface area contributed by atoms with Crippen molar-refractivity contribution in [3.63, 3.8) is 0 Å². The number of nitrogens with one attached hydrogen (secondary N) is 2. The summed E-state index contributed by atoms with van der Waals surface area (Å²) in [5.74, 6) is 0.587. The van der Waals surface area contributed by atoms with Gasteiger partial charge in [0, 0.05) is 17.8 Å². The Balaban J connectivity index is 1.69. The van der Waals surface area contributed by atoms with Gasteiger partial charge in [-0.2, -0.15) is 0 Å². The maximum Gasteiger partial charge on any atom is 0.329 e. The maximum absolute atomic E-state index is 13.4. The standard InChI is InChI=1S/C25H25N3O5/c1-3-33-20-14-10-18(11-15-20)28-24(30)27-22-7-5-4-6-21(22)25(28,31)23(29)26-16-17-8-12-19(32-2)13-9-17/h4-15,31H,3,16H2,1-2H3,(H,26,29)(H,27,30)/t25-/m0/s1. The highest BCUT2D eigenvalue weighted by Crippen LogP contribution is 2.40. The molecule has 0 spiro atoms. The molecule has 8 nitrogen and oxygen atoms in total. The molecule has 0 radical (unpaired) electrons. The molecule has 170 valence electrons. The molecule has 0 saturated carbocycles. The lowest BCUT2D eigenvalue weighted by molar-refractivity contribution is -0.140. The molecule has 1 atom stereocenters. The quantitative estimate of drug-likeness (QED) is 0.514. The third-order valence-corrected chi connectivity index (χ3v) is 5.41. The zero-order valence-electron chi connectivity index (χ0n) is 18.4. The van der Waals surface area contributed by atoms with Crippen LogP contribution in [0.15, 0.2) is 72.8 Å². The summed E-state index contributed by atoms with van der Waals surface area (Å²) in [7, 11) is 1.58. The van der Waals surface area contributed by atoms with Crippen LogP contribution in [0, 0.1) is 0 Å². The van der Waals surface area contributed by atoms with Crippen molar-refractivity contribution in [2.24, 2.45) is 0 Å². The van der Waals surface area contributed by atoms with E-state index < -0.39 is 17.7 Å². The van der Waals surface area contributed by atoms with Gasteiger partial charge in [-0.3, -0.25) is 9.69 Å². The number of urea groups is 1. The van der Waals surface area contributed by atoms with Gasteiger partial charge in [0.1, 0.15) is 11.5 Å². The van der Waals surface area contributed by atoms with Crippen LogP contribution < -0.4 is 25.0 Å². The van der Waals surface area contributed by atoms with Crippen molar-refractivity contribution < 1.29 is 24.2 Å². The molecule has 0 aromatic heterocycles. The van der Waals surface area contributed by atoms with Gasteiger partial charge in [-0.15, -0.1) is 0 Å². The summed E-state index contributed by atoms with van der Waals surface area (Å²) in [5.41, 5.74) is -0.475. The summed E-state index contributed by atoms with van der Waals surface area (Å²) in [6.45, 7) is 2.52. The number of hydrogen-bond donors (Lipinski definition) is 3. The van der Waals surface area contributed by atoms with Crippen molar-refractivity contribution >= 4 is 23.3 Å². The largest absolute Gasteiger partial charge is 0.497 e. The summed E-state index contributed by atoms with van der Waals surface area (Å²) in [6.07, 6.45) is 0. The molecule has 3 amide bonds. The molecule has 0 saturated heterocycles. The average Bonchev–Trinajstić information content (AvgIpc) is 2.84. The molecule has 4 rings (SSSR count). The highest BCUT2D eigenvalue weighted by atomic mass is 16.5. The monoisotopic (exact) mass is 447 g/mol. The predicted octanol–water partition coefficient (Wildman–Crippen LogP) is 3.61. The fourth-order valence-corrected chi connectivity index (χ4v) is 3.77. The van der Waals surface area contributed by atoms with Crippen LogP contribution in [0.25, 0.3) is 0 Å². The number of hydrogen-bond acceptors (Lipinski definition) is 5. The molecule has 1 aliphatic rings. The van der Waals surface area contributed by atoms with Gasteiger partial charge in [-0.1, -0.05) is 30.3 Å². The van der Waals surface area contributed by atoms with Gasteiger partial charge in [-0.25, -0.2) is 4.79 Å². The van der Waals surface area contributed by atoms with E-state index in [-0.39, 0.29) is 12.1 Å². The minimum Gasteiger partial charge on any atom is -0.497 e. The highest BCUT2D eigenvalue weighted by molar-refractivity contribution is 6.11. The number of aliphatic hydroxyl groups is 1. The maximum atomic E-state index is 13.4. The zero-order valence-corrected chi connectivity index (χ0v) is 18.4. The first-order valence-corrected chi connectivity index (χ1v) is 10.5. The first-order valence-electron chi connectivity index (χ1n) is 10.5. The number of carbonyl (C=O) groups excluding carboxylic acids is 2. The molecule has 0 fully saturated rings. The summed E-state index contributed by atoms with van der Waals surface area (Å²) < 4.78 is 10.6. The van der Waals surface area contributed by atoms with E-state index in [4.69, 9.17) is 9.47 Å². The van der Waals surface area contributed by atoms with Crippen LogP contribution >= 0.6 is 0 Å². The second-order valence-corrected chi connectivity index (χ2v) is 7.44. The number of fused-ring (bicyclic) bond motifs is 1. The van der Waals surface area contributed by atoms with E-state index in [1.54, 1.807) is 67.8 Å². The molecule has 33 heavy (non-hydrogen) atoms. The Labute approximate surface area is 191 Å². The Morgan fingerprint density at radius 1 is 1.03 bits per heavy atom. The molecule has 0 aliphatic carbocycles. The van der Waals surface area contributed by atoms with Crippen molar-refractivity contribution in [3.05, 3.63) is 83.9 Å². The molecule has 3 aromatic rings. The number of benzene rings is 3. The fraction of sp³-hybridized carbons (Fsp3) is 0.200. The highest BCUT2D eigenvalue weighted by Gasteiger charge is 2.51. The van der Waals surface area contributed by atoms with Gasteiger partial charge >= 0.3 is 6.03 Å². The Morgan fingerprint density at radius 2 is 1.70 bits per heavy atom. The number of carbonyl (C=O) groups is 2. The minimum atomic E-state index is -2.27. The number of ether oxygens (including phenoxy) is 2. The van der Waals surface area contributed by atoms with Crippen LogP contribution in [0.1, 0.15) is 18.1 Å². The van der Waals surface area contributed by atoms with Crippen LogP contribution in [-0.2, 0) is 17.1 Å². The SMILES string of the molecule is CCOc1ccc(N2C(=O)Nc3ccccc3[C@]2(O)C(=O)NCc2ccc(OC)cc2)cc1. The van der Waals surface area contributed by atoms with Crippen LogP contribution in [-0.4, -0.2) is 30.8 Å². The van der Waals surface area contributed by atoms with Gasteiger partial charge in [0.15, 0.2) is 0 Å². The molecule has 0 unspecified atom stereocenters. The van der Waals surface area contributed by atoms with E-state index in [0.29, 0.717) is 29.5 Å². The molecular formula is C25H25N3O5. The van der Waals surface area contributed by atoms with Gasteiger partial charge in [0.25, 0.3) is 11.6 Å². The molecule has 3 N–H and O–H groups in total. The van der Waals surface area contributed by atoms with Gasteiger partial charge in [0.2, 0.25) is 0 Å². The Morgan fingerprint density at radius 3 is 2.36 bits per heavy atom. The summed E-state index contributed by atoms with van der Waals surface area (Å²) in [6, 6.07) is 19.9. The number of anilines is 2. The van der Waals surface area contributed by atoms with Crippen molar-refractivity contribution in [1.29, 1.82) is 0 Å². The number of rotatable bonds is 7. The third kappa shape index (κ3) is 4.20. The van der Waals surface area contributed by atoms with E-state index in [1.807, 2.05) is 19.1 Å². The predicted molar refractivity (Wildman–Crippen MR) is 124 cm³/mol. The zero-order chi connectivity index (χ0) is 23.4. The summed E-state index contributed by atoms with van der Waals surface area (Å²) >= 11 is 0. The lowest BCUT2D eigenvalue weighted by Crippen LogP contribution is -2.62. The van der Waals surface area contributed by atoms with Crippen molar-refractivity contribution in [1.82, 2.24) is 5.32 Å². The topological polar surface area (TPSA) is 100 Å². The summed E-state index contributed by atoms with van der Waals surface area (Å²) in [4.78, 5) is 27.6. The van der Waals surface area contributed by atoms with Crippen LogP contribution in [0.4, 0.5) is 16.2 Å². The fourth-order valence-electron chi connectivity index (χ4n) is 3.77. The average molecular weight is 447 g/mol. The second kappa shape index (κ2) is 9.22. The first-order chi connectivity index (χ1) is 16.0. The molecule has 0 bridgehead atoms. The van der Waals surface area contributed by atoms with Gasteiger partial charge < -0.3 is 25.2 Å². The van der Waals surface area contributed by atoms with E-state index in [2.05, 4.69) is 10.6 Å². The number of amides is 3. The Hall–Kier alpha value is -4.04. The minimum absolute atomic E-state index is 0.159. The number of nitrogens with zero attached hydrogens (tertiary/aromatic N) is 1. The lowest BCUT2D eigenvalue weighted by atomic mass is 9.94. The van der Waals surface area contributed by atoms with E-state index in [0.717, 1.165) is 10.5 Å². The molecule has 8 heteroatoms. The number of para-hydroxylation sites is 1. The summed E-state index contributed by atoms with van der Waals surface area (Å²) in [5, 5.41) is 17.3. The third-order valence-electron chi connectivity index (χ3n) is 5.41. The Kier molecular flexibility index (Phi) is 6.19. The molecule has 1 heterocycles.